The molecule has 0 fully saturated rings. The van der Waals surface area contributed by atoms with Crippen LogP contribution in [0.4, 0.5) is 5.69 Å². The second-order valence-electron chi connectivity index (χ2n) is 3.89. The van der Waals surface area contributed by atoms with Crippen LogP contribution in [0.2, 0.25) is 0 Å². The van der Waals surface area contributed by atoms with Crippen LogP contribution >= 0.6 is 11.3 Å². The molecule has 0 spiro atoms. The highest BCUT2D eigenvalue weighted by Gasteiger charge is 2.19. The van der Waals surface area contributed by atoms with Gasteiger partial charge in [-0.15, -0.1) is 0 Å². The SMILES string of the molecule is CC(CO)C(C)NC(=O)C(=O)Nc1ccsc1. The van der Waals surface area contributed by atoms with Crippen LogP contribution in [0.15, 0.2) is 16.8 Å². The van der Waals surface area contributed by atoms with Gasteiger partial charge in [-0.05, 0) is 24.3 Å². The number of thiophene rings is 1. The van der Waals surface area contributed by atoms with Gasteiger partial charge < -0.3 is 15.7 Å². The zero-order chi connectivity index (χ0) is 12.8. The minimum Gasteiger partial charge on any atom is -0.396 e. The maximum atomic E-state index is 11.5. The van der Waals surface area contributed by atoms with Crippen LogP contribution < -0.4 is 10.6 Å². The Morgan fingerprint density at radius 2 is 2.12 bits per heavy atom. The van der Waals surface area contributed by atoms with Crippen molar-refractivity contribution in [2.75, 3.05) is 11.9 Å². The lowest BCUT2D eigenvalue weighted by Gasteiger charge is -2.18. The number of carbonyl (C=O) groups excluding carboxylic acids is 2. The lowest BCUT2D eigenvalue weighted by molar-refractivity contribution is -0.136. The summed E-state index contributed by atoms with van der Waals surface area (Å²) in [5.41, 5.74) is 0.609. The van der Waals surface area contributed by atoms with Gasteiger partial charge in [0.05, 0.1) is 5.69 Å². The number of hydrogen-bond donors (Lipinski definition) is 3. The van der Waals surface area contributed by atoms with E-state index >= 15 is 0 Å². The molecule has 0 aromatic carbocycles. The van der Waals surface area contributed by atoms with Crippen LogP contribution in [-0.2, 0) is 9.59 Å². The molecule has 2 amide bonds. The number of aliphatic hydroxyl groups is 1. The van der Waals surface area contributed by atoms with Gasteiger partial charge >= 0.3 is 11.8 Å². The molecule has 0 saturated heterocycles. The van der Waals surface area contributed by atoms with Crippen molar-refractivity contribution in [2.45, 2.75) is 19.9 Å². The van der Waals surface area contributed by atoms with Crippen molar-refractivity contribution in [1.29, 1.82) is 0 Å². The number of carbonyl (C=O) groups is 2. The topological polar surface area (TPSA) is 78.4 Å². The standard InChI is InChI=1S/C11H16N2O3S/c1-7(5-14)8(2)12-10(15)11(16)13-9-3-4-17-6-9/h3-4,6-8,14H,5H2,1-2H3,(H,12,15)(H,13,16). The van der Waals surface area contributed by atoms with Crippen LogP contribution in [0.3, 0.4) is 0 Å². The fourth-order valence-electron chi connectivity index (χ4n) is 1.10. The molecule has 2 atom stereocenters. The number of anilines is 1. The zero-order valence-corrected chi connectivity index (χ0v) is 10.6. The van der Waals surface area contributed by atoms with Gasteiger partial charge in [-0.3, -0.25) is 9.59 Å². The molecule has 1 aromatic heterocycles. The molecule has 0 aliphatic heterocycles. The smallest absolute Gasteiger partial charge is 0.313 e. The Labute approximate surface area is 104 Å². The maximum absolute atomic E-state index is 11.5. The molecule has 2 unspecified atom stereocenters. The average Bonchev–Trinajstić information content (AvgIpc) is 2.80. The van der Waals surface area contributed by atoms with E-state index in [-0.39, 0.29) is 18.6 Å². The number of nitrogens with one attached hydrogen (secondary N) is 2. The highest BCUT2D eigenvalue weighted by molar-refractivity contribution is 7.08. The largest absolute Gasteiger partial charge is 0.396 e. The minimum absolute atomic E-state index is 0.0341. The molecule has 1 rings (SSSR count). The van der Waals surface area contributed by atoms with Crippen molar-refractivity contribution < 1.29 is 14.7 Å². The first-order valence-electron chi connectivity index (χ1n) is 5.29. The molecule has 0 aliphatic rings. The van der Waals surface area contributed by atoms with Crippen LogP contribution in [0.5, 0.6) is 0 Å². The monoisotopic (exact) mass is 256 g/mol. The van der Waals surface area contributed by atoms with E-state index in [9.17, 15) is 9.59 Å². The van der Waals surface area contributed by atoms with Crippen molar-refractivity contribution in [3.63, 3.8) is 0 Å². The number of aliphatic hydroxyl groups excluding tert-OH is 1. The molecule has 94 valence electrons. The van der Waals surface area contributed by atoms with Crippen LogP contribution in [0, 0.1) is 5.92 Å². The first-order valence-corrected chi connectivity index (χ1v) is 6.23. The number of amides is 2. The van der Waals surface area contributed by atoms with Crippen LogP contribution in [0.25, 0.3) is 0 Å². The molecule has 17 heavy (non-hydrogen) atoms. The van der Waals surface area contributed by atoms with E-state index in [1.807, 2.05) is 5.38 Å². The lowest BCUT2D eigenvalue weighted by atomic mass is 10.1. The summed E-state index contributed by atoms with van der Waals surface area (Å²) >= 11 is 1.44. The molecule has 5 nitrogen and oxygen atoms in total. The predicted molar refractivity (Wildman–Crippen MR) is 66.8 cm³/mol. The minimum atomic E-state index is -0.694. The summed E-state index contributed by atoms with van der Waals surface area (Å²) < 4.78 is 0. The first kappa shape index (κ1) is 13.7. The molecule has 3 N–H and O–H groups in total. The molecular weight excluding hydrogens is 240 g/mol. The molecule has 0 bridgehead atoms. The van der Waals surface area contributed by atoms with Crippen LogP contribution in [0.1, 0.15) is 13.8 Å². The van der Waals surface area contributed by atoms with E-state index in [0.717, 1.165) is 0 Å². The van der Waals surface area contributed by atoms with E-state index in [2.05, 4.69) is 10.6 Å². The van der Waals surface area contributed by atoms with E-state index < -0.39 is 11.8 Å². The summed E-state index contributed by atoms with van der Waals surface area (Å²) in [5, 5.41) is 17.5. The highest BCUT2D eigenvalue weighted by Crippen LogP contribution is 2.11. The second-order valence-corrected chi connectivity index (χ2v) is 4.67. The number of rotatable bonds is 4. The maximum Gasteiger partial charge on any atom is 0.313 e. The van der Waals surface area contributed by atoms with Gasteiger partial charge in [0.2, 0.25) is 0 Å². The summed E-state index contributed by atoms with van der Waals surface area (Å²) in [6.07, 6.45) is 0. The highest BCUT2D eigenvalue weighted by atomic mass is 32.1. The van der Waals surface area contributed by atoms with Crippen LogP contribution in [-0.4, -0.2) is 29.6 Å². The molecular formula is C11H16N2O3S. The normalized spacial score (nSPS) is 13.8. The second kappa shape index (κ2) is 6.36. The van der Waals surface area contributed by atoms with E-state index in [0.29, 0.717) is 5.69 Å². The summed E-state index contributed by atoms with van der Waals surface area (Å²) in [4.78, 5) is 23.0. The Morgan fingerprint density at radius 3 is 2.65 bits per heavy atom. The third kappa shape index (κ3) is 4.16. The zero-order valence-electron chi connectivity index (χ0n) is 9.77. The van der Waals surface area contributed by atoms with Gasteiger partial charge in [0.1, 0.15) is 0 Å². The molecule has 1 aromatic rings. The van der Waals surface area contributed by atoms with Gasteiger partial charge in [-0.1, -0.05) is 6.92 Å². The molecule has 0 aliphatic carbocycles. The molecule has 0 saturated carbocycles. The van der Waals surface area contributed by atoms with E-state index in [4.69, 9.17) is 5.11 Å². The van der Waals surface area contributed by atoms with Crippen molar-refractivity contribution in [1.82, 2.24) is 5.32 Å². The summed E-state index contributed by atoms with van der Waals surface area (Å²) in [6.45, 7) is 3.51. The van der Waals surface area contributed by atoms with Gasteiger partial charge in [0, 0.05) is 18.0 Å². The summed E-state index contributed by atoms with van der Waals surface area (Å²) in [7, 11) is 0. The average molecular weight is 256 g/mol. The Balaban J connectivity index is 2.45. The third-order valence-electron chi connectivity index (χ3n) is 2.49. The van der Waals surface area contributed by atoms with E-state index in [1.54, 1.807) is 25.3 Å². The molecule has 6 heteroatoms. The van der Waals surface area contributed by atoms with Gasteiger partial charge in [-0.25, -0.2) is 0 Å². The fraction of sp³-hybridized carbons (Fsp3) is 0.455. The van der Waals surface area contributed by atoms with Gasteiger partial charge in [-0.2, -0.15) is 11.3 Å². The summed E-state index contributed by atoms with van der Waals surface area (Å²) in [6, 6.07) is 1.47. The lowest BCUT2D eigenvalue weighted by Crippen LogP contribution is -2.43. The Kier molecular flexibility index (Phi) is 5.11. The summed E-state index contributed by atoms with van der Waals surface area (Å²) in [5.74, 6) is -1.47. The Hall–Kier alpha value is -1.40. The van der Waals surface area contributed by atoms with Crippen molar-refractivity contribution in [2.24, 2.45) is 5.92 Å². The Bertz CT molecular complexity index is 378. The third-order valence-corrected chi connectivity index (χ3v) is 3.17. The van der Waals surface area contributed by atoms with Crippen molar-refractivity contribution in [3.05, 3.63) is 16.8 Å². The fourth-order valence-corrected chi connectivity index (χ4v) is 1.68. The number of hydrogen-bond acceptors (Lipinski definition) is 4. The van der Waals surface area contributed by atoms with Crippen molar-refractivity contribution >= 4 is 28.8 Å². The van der Waals surface area contributed by atoms with E-state index in [1.165, 1.54) is 11.3 Å². The predicted octanol–water partition coefficient (Wildman–Crippen LogP) is 0.820. The molecule has 0 radical (unpaired) electrons. The first-order chi connectivity index (χ1) is 8.04. The van der Waals surface area contributed by atoms with Gasteiger partial charge in [0.25, 0.3) is 0 Å². The Morgan fingerprint density at radius 1 is 1.41 bits per heavy atom. The quantitative estimate of drug-likeness (QED) is 0.698. The van der Waals surface area contributed by atoms with Gasteiger partial charge in [0.15, 0.2) is 0 Å². The molecule has 1 heterocycles. The van der Waals surface area contributed by atoms with Crippen molar-refractivity contribution in [3.8, 4) is 0 Å².